The number of anilines is 1. The first-order chi connectivity index (χ1) is 15.5. The van der Waals surface area contributed by atoms with Crippen molar-refractivity contribution in [2.24, 2.45) is 0 Å². The molecule has 0 spiro atoms. The number of carbonyl (C=O) groups excluding carboxylic acids is 2. The number of carbonyl (C=O) groups is 2. The highest BCUT2D eigenvalue weighted by atomic mass is 79.9. The van der Waals surface area contributed by atoms with Crippen molar-refractivity contribution < 1.29 is 18.0 Å². The van der Waals surface area contributed by atoms with Crippen LogP contribution in [-0.2, 0) is 26.2 Å². The topological polar surface area (TPSA) is 86.8 Å². The van der Waals surface area contributed by atoms with Crippen LogP contribution in [0.2, 0.25) is 5.02 Å². The second kappa shape index (κ2) is 11.9. The molecule has 33 heavy (non-hydrogen) atoms. The number of benzene rings is 2. The summed E-state index contributed by atoms with van der Waals surface area (Å²) in [5.41, 5.74) is 2.02. The molecule has 7 nitrogen and oxygen atoms in total. The minimum Gasteiger partial charge on any atom is -0.357 e. The standard InChI is InChI=1S/C23H29BrClN3O4S/c1-16-20(25)10-6-11-21(16)28(33(4,31)32)13-7-12-22(29)27(17(2)23(30)26-3)15-18-8-5-9-19(24)14-18/h5-6,8-11,14,17H,7,12-13,15H2,1-4H3,(H,26,30)/t17-/m0/s1. The molecule has 0 saturated heterocycles. The SMILES string of the molecule is CNC(=O)[C@H](C)N(Cc1cccc(Br)c1)C(=O)CCCN(c1cccc(Cl)c1C)S(C)(=O)=O. The second-order valence-corrected chi connectivity index (χ2v) is 11.0. The van der Waals surface area contributed by atoms with Crippen LogP contribution in [0.5, 0.6) is 0 Å². The van der Waals surface area contributed by atoms with Crippen LogP contribution in [0.1, 0.15) is 30.9 Å². The van der Waals surface area contributed by atoms with Gasteiger partial charge in [-0.25, -0.2) is 8.42 Å². The lowest BCUT2D eigenvalue weighted by atomic mass is 10.1. The monoisotopic (exact) mass is 557 g/mol. The molecule has 2 aromatic rings. The van der Waals surface area contributed by atoms with Crippen molar-refractivity contribution in [1.29, 1.82) is 0 Å². The Morgan fingerprint density at radius 2 is 1.85 bits per heavy atom. The molecule has 0 heterocycles. The number of nitrogens with one attached hydrogen (secondary N) is 1. The van der Waals surface area contributed by atoms with E-state index in [4.69, 9.17) is 11.6 Å². The largest absolute Gasteiger partial charge is 0.357 e. The first-order valence-corrected chi connectivity index (χ1v) is 13.5. The molecule has 0 saturated carbocycles. The van der Waals surface area contributed by atoms with Gasteiger partial charge in [-0.2, -0.15) is 0 Å². The summed E-state index contributed by atoms with van der Waals surface area (Å²) in [6, 6.07) is 11.9. The molecular weight excluding hydrogens is 530 g/mol. The van der Waals surface area contributed by atoms with E-state index in [1.54, 1.807) is 32.0 Å². The first kappa shape index (κ1) is 27.1. The van der Waals surface area contributed by atoms with Gasteiger partial charge in [0, 0.05) is 36.1 Å². The Bertz CT molecular complexity index is 1110. The van der Waals surface area contributed by atoms with Crippen molar-refractivity contribution in [1.82, 2.24) is 10.2 Å². The third-order valence-corrected chi connectivity index (χ3v) is 7.40. The molecule has 2 aromatic carbocycles. The van der Waals surface area contributed by atoms with E-state index in [9.17, 15) is 18.0 Å². The molecule has 1 atom stereocenters. The zero-order valence-electron chi connectivity index (χ0n) is 19.1. The summed E-state index contributed by atoms with van der Waals surface area (Å²) in [5, 5.41) is 3.05. The first-order valence-electron chi connectivity index (χ1n) is 10.4. The summed E-state index contributed by atoms with van der Waals surface area (Å²) in [4.78, 5) is 26.9. The van der Waals surface area contributed by atoms with Crippen LogP contribution in [0.15, 0.2) is 46.9 Å². The molecule has 0 bridgehead atoms. The van der Waals surface area contributed by atoms with Crippen molar-refractivity contribution in [3.05, 3.63) is 63.1 Å². The normalized spacial score (nSPS) is 12.2. The van der Waals surface area contributed by atoms with Crippen molar-refractivity contribution in [3.63, 3.8) is 0 Å². The zero-order chi connectivity index (χ0) is 24.8. The van der Waals surface area contributed by atoms with Crippen LogP contribution in [0.3, 0.4) is 0 Å². The smallest absolute Gasteiger partial charge is 0.242 e. The van der Waals surface area contributed by atoms with Gasteiger partial charge in [-0.15, -0.1) is 0 Å². The summed E-state index contributed by atoms with van der Waals surface area (Å²) in [7, 11) is -2.06. The Hall–Kier alpha value is -2.10. The average Bonchev–Trinajstić information content (AvgIpc) is 2.75. The molecule has 10 heteroatoms. The predicted molar refractivity (Wildman–Crippen MR) is 136 cm³/mol. The van der Waals surface area contributed by atoms with Crippen molar-refractivity contribution in [2.75, 3.05) is 24.2 Å². The zero-order valence-corrected chi connectivity index (χ0v) is 22.3. The van der Waals surface area contributed by atoms with E-state index in [1.807, 2.05) is 24.3 Å². The fourth-order valence-electron chi connectivity index (χ4n) is 3.47. The van der Waals surface area contributed by atoms with Gasteiger partial charge in [0.2, 0.25) is 21.8 Å². The second-order valence-electron chi connectivity index (χ2n) is 7.76. The molecule has 0 unspecified atom stereocenters. The molecule has 2 rings (SSSR count). The molecule has 0 aliphatic heterocycles. The quantitative estimate of drug-likeness (QED) is 0.475. The van der Waals surface area contributed by atoms with Crippen LogP contribution in [0.25, 0.3) is 0 Å². The number of nitrogens with zero attached hydrogens (tertiary/aromatic N) is 2. The summed E-state index contributed by atoms with van der Waals surface area (Å²) < 4.78 is 27.0. The van der Waals surface area contributed by atoms with E-state index in [0.29, 0.717) is 16.3 Å². The lowest BCUT2D eigenvalue weighted by molar-refractivity contribution is -0.140. The maximum Gasteiger partial charge on any atom is 0.242 e. The van der Waals surface area contributed by atoms with E-state index in [0.717, 1.165) is 16.3 Å². The number of rotatable bonds is 10. The fraction of sp³-hybridized carbons (Fsp3) is 0.391. The molecule has 0 radical (unpaired) electrons. The van der Waals surface area contributed by atoms with Gasteiger partial charge in [0.05, 0.1) is 11.9 Å². The number of amides is 2. The Labute approximate surface area is 209 Å². The van der Waals surface area contributed by atoms with Gasteiger partial charge in [0.15, 0.2) is 0 Å². The van der Waals surface area contributed by atoms with Gasteiger partial charge in [-0.1, -0.05) is 45.7 Å². The van der Waals surface area contributed by atoms with E-state index < -0.39 is 16.1 Å². The summed E-state index contributed by atoms with van der Waals surface area (Å²) in [6.07, 6.45) is 1.50. The Morgan fingerprint density at radius 3 is 2.45 bits per heavy atom. The van der Waals surface area contributed by atoms with Gasteiger partial charge in [-0.3, -0.25) is 13.9 Å². The lowest BCUT2D eigenvalue weighted by Crippen LogP contribution is -2.46. The molecular formula is C23H29BrClN3O4S. The Kier molecular flexibility index (Phi) is 9.75. The van der Waals surface area contributed by atoms with E-state index in [2.05, 4.69) is 21.2 Å². The number of hydrogen-bond acceptors (Lipinski definition) is 4. The number of hydrogen-bond donors (Lipinski definition) is 1. The molecule has 180 valence electrons. The van der Waals surface area contributed by atoms with E-state index in [-0.39, 0.29) is 37.7 Å². The summed E-state index contributed by atoms with van der Waals surface area (Å²) in [6.45, 7) is 3.81. The maximum atomic E-state index is 13.1. The van der Waals surface area contributed by atoms with Crippen molar-refractivity contribution >= 4 is 55.1 Å². The van der Waals surface area contributed by atoms with Gasteiger partial charge in [0.25, 0.3) is 0 Å². The van der Waals surface area contributed by atoms with Crippen LogP contribution in [0, 0.1) is 6.92 Å². The minimum atomic E-state index is -3.58. The molecule has 0 aliphatic rings. The van der Waals surface area contributed by atoms with E-state index in [1.165, 1.54) is 16.3 Å². The van der Waals surface area contributed by atoms with Gasteiger partial charge >= 0.3 is 0 Å². The highest BCUT2D eigenvalue weighted by Crippen LogP contribution is 2.28. The third-order valence-electron chi connectivity index (χ3n) is 5.32. The predicted octanol–water partition coefficient (Wildman–Crippen LogP) is 4.12. The average molecular weight is 559 g/mol. The molecule has 1 N–H and O–H groups in total. The molecule has 0 aliphatic carbocycles. The summed E-state index contributed by atoms with van der Waals surface area (Å²) >= 11 is 9.60. The Morgan fingerprint density at radius 1 is 1.18 bits per heavy atom. The van der Waals surface area contributed by atoms with Gasteiger partial charge in [0.1, 0.15) is 6.04 Å². The highest BCUT2D eigenvalue weighted by Gasteiger charge is 2.26. The number of halogens is 2. The third kappa shape index (κ3) is 7.45. The highest BCUT2D eigenvalue weighted by molar-refractivity contribution is 9.10. The molecule has 0 fully saturated rings. The number of likely N-dealkylation sites (N-methyl/N-ethyl adjacent to an activating group) is 1. The van der Waals surface area contributed by atoms with Crippen LogP contribution < -0.4 is 9.62 Å². The van der Waals surface area contributed by atoms with Crippen LogP contribution in [-0.4, -0.2) is 51.0 Å². The van der Waals surface area contributed by atoms with Crippen LogP contribution >= 0.6 is 27.5 Å². The van der Waals surface area contributed by atoms with Gasteiger partial charge < -0.3 is 10.2 Å². The van der Waals surface area contributed by atoms with Crippen LogP contribution in [0.4, 0.5) is 5.69 Å². The summed E-state index contributed by atoms with van der Waals surface area (Å²) in [5.74, 6) is -0.506. The number of sulfonamides is 1. The Balaban J connectivity index is 2.18. The molecule has 2 amide bonds. The van der Waals surface area contributed by atoms with Crippen molar-refractivity contribution in [3.8, 4) is 0 Å². The molecule has 0 aromatic heterocycles. The fourth-order valence-corrected chi connectivity index (χ4v) is 5.10. The van der Waals surface area contributed by atoms with E-state index >= 15 is 0 Å². The maximum absolute atomic E-state index is 13.1. The van der Waals surface area contributed by atoms with Gasteiger partial charge in [-0.05, 0) is 55.7 Å². The van der Waals surface area contributed by atoms with Crippen molar-refractivity contribution in [2.45, 2.75) is 39.3 Å². The lowest BCUT2D eigenvalue weighted by Gasteiger charge is -2.29. The minimum absolute atomic E-state index is 0.0843.